The molecule has 12 heteroatoms. The maximum absolute atomic E-state index is 14.0. The summed E-state index contributed by atoms with van der Waals surface area (Å²) in [6.07, 6.45) is 2.11. The first-order chi connectivity index (χ1) is 18.3. The van der Waals surface area contributed by atoms with E-state index in [1.165, 1.54) is 29.8 Å². The Kier molecular flexibility index (Phi) is 10.1. The molecule has 0 radical (unpaired) electrons. The maximum atomic E-state index is 14.0. The van der Waals surface area contributed by atoms with E-state index in [1.807, 2.05) is 30.3 Å². The molecule has 1 atom stereocenters. The molecular weight excluding hydrogens is 549 g/mol. The highest BCUT2D eigenvalue weighted by molar-refractivity contribution is 7.89. The van der Waals surface area contributed by atoms with Crippen molar-refractivity contribution in [2.45, 2.75) is 49.2 Å². The van der Waals surface area contributed by atoms with Gasteiger partial charge in [-0.1, -0.05) is 72.3 Å². The summed E-state index contributed by atoms with van der Waals surface area (Å²) in [6, 6.07) is 18.7. The lowest BCUT2D eigenvalue weighted by molar-refractivity contribution is -0.122. The van der Waals surface area contributed by atoms with Gasteiger partial charge in [0.05, 0.1) is 4.90 Å². The van der Waals surface area contributed by atoms with Crippen LogP contribution in [0.2, 0.25) is 0 Å². The molecule has 8 nitrogen and oxygen atoms in total. The zero-order valence-corrected chi connectivity index (χ0v) is 23.0. The van der Waals surface area contributed by atoms with Crippen LogP contribution in [0.5, 0.6) is 0 Å². The fourth-order valence-corrected chi connectivity index (χ4v) is 5.52. The predicted octanol–water partition coefficient (Wildman–Crippen LogP) is 4.25. The van der Waals surface area contributed by atoms with Gasteiger partial charge < -0.3 is 15.1 Å². The minimum absolute atomic E-state index is 0.0367. The van der Waals surface area contributed by atoms with E-state index in [0.717, 1.165) is 30.5 Å². The molecule has 0 aromatic heterocycles. The summed E-state index contributed by atoms with van der Waals surface area (Å²) in [6.45, 7) is 2.11. The van der Waals surface area contributed by atoms with Gasteiger partial charge in [0.2, 0.25) is 15.9 Å². The van der Waals surface area contributed by atoms with E-state index in [0.29, 0.717) is 18.5 Å². The molecule has 0 aliphatic carbocycles. The van der Waals surface area contributed by atoms with Gasteiger partial charge in [-0.05, 0) is 55.9 Å². The van der Waals surface area contributed by atoms with E-state index in [-0.39, 0.29) is 11.3 Å². The van der Waals surface area contributed by atoms with Crippen LogP contribution in [0.1, 0.15) is 35.1 Å². The first-order valence-electron chi connectivity index (χ1n) is 12.2. The van der Waals surface area contributed by atoms with Crippen LogP contribution in [0.4, 0.5) is 8.78 Å². The summed E-state index contributed by atoms with van der Waals surface area (Å²) in [4.78, 5) is 30.9. The fourth-order valence-electron chi connectivity index (χ4n) is 3.84. The van der Waals surface area contributed by atoms with Crippen LogP contribution in [-0.4, -0.2) is 36.7 Å². The average Bonchev–Trinajstić information content (AvgIpc) is 2.88. The van der Waals surface area contributed by atoms with E-state index in [1.54, 1.807) is 19.1 Å². The molecule has 0 saturated heterocycles. The first-order valence-corrected chi connectivity index (χ1v) is 15.3. The number of amides is 1. The van der Waals surface area contributed by atoms with Crippen molar-refractivity contribution in [3.63, 3.8) is 0 Å². The Morgan fingerprint density at radius 2 is 1.54 bits per heavy atom. The summed E-state index contributed by atoms with van der Waals surface area (Å²) in [7, 11) is -9.84. The molecule has 1 amide bonds. The Bertz CT molecular complexity index is 1400. The standard InChI is InChI=1S/C27H31F2N2O6PS/c1-20-10-16-24(17-11-20)39(36,37)31-25(26(32)30-18-6-5-9-21-7-3-2-4-8-21)19-22-12-14-23(15-13-22)27(28,29)38(33,34)35/h2-4,7-8,10-17,25,31H,5-6,9,18-19H2,1H3,(H,30,32)(H2,33,34,35)/t25-/m0/s1. The van der Waals surface area contributed by atoms with Crippen molar-refractivity contribution in [3.8, 4) is 0 Å². The fraction of sp³-hybridized carbons (Fsp3) is 0.296. The number of rotatable bonds is 13. The molecule has 0 bridgehead atoms. The number of hydrogen-bond donors (Lipinski definition) is 4. The molecule has 0 saturated carbocycles. The SMILES string of the molecule is Cc1ccc(S(=O)(=O)N[C@@H](Cc2ccc(C(F)(F)P(=O)(O)O)cc2)C(=O)NCCCCc2ccccc2)cc1. The zero-order valence-electron chi connectivity index (χ0n) is 21.3. The number of benzene rings is 3. The van der Waals surface area contributed by atoms with Gasteiger partial charge in [0.1, 0.15) is 6.04 Å². The molecule has 0 unspecified atom stereocenters. The van der Waals surface area contributed by atoms with E-state index in [4.69, 9.17) is 9.79 Å². The third-order valence-corrected chi connectivity index (χ3v) is 8.56. The van der Waals surface area contributed by atoms with Crippen molar-refractivity contribution in [1.29, 1.82) is 0 Å². The van der Waals surface area contributed by atoms with Crippen LogP contribution in [0.3, 0.4) is 0 Å². The summed E-state index contributed by atoms with van der Waals surface area (Å²) in [5.74, 6) is -0.588. The molecular formula is C27H31F2N2O6PS. The number of hydrogen-bond acceptors (Lipinski definition) is 4. The van der Waals surface area contributed by atoms with Crippen LogP contribution in [0.25, 0.3) is 0 Å². The Hall–Kier alpha value is -2.95. The smallest absolute Gasteiger partial charge is 0.355 e. The van der Waals surface area contributed by atoms with Gasteiger partial charge in [-0.15, -0.1) is 0 Å². The molecule has 4 N–H and O–H groups in total. The Morgan fingerprint density at radius 1 is 0.923 bits per heavy atom. The third-order valence-electron chi connectivity index (χ3n) is 6.09. The molecule has 3 aromatic carbocycles. The van der Waals surface area contributed by atoms with Crippen LogP contribution in [-0.2, 0) is 37.9 Å². The van der Waals surface area contributed by atoms with Crippen molar-refractivity contribution in [3.05, 3.63) is 101 Å². The minimum Gasteiger partial charge on any atom is -0.355 e. The van der Waals surface area contributed by atoms with Crippen molar-refractivity contribution >= 4 is 23.5 Å². The second-order valence-corrected chi connectivity index (χ2v) is 12.6. The highest BCUT2D eigenvalue weighted by Gasteiger charge is 2.50. The lowest BCUT2D eigenvalue weighted by atomic mass is 10.0. The Morgan fingerprint density at radius 3 is 2.13 bits per heavy atom. The van der Waals surface area contributed by atoms with Crippen LogP contribution in [0, 0.1) is 6.92 Å². The molecule has 0 spiro atoms. The van der Waals surface area contributed by atoms with Crippen molar-refractivity contribution in [2.24, 2.45) is 0 Å². The van der Waals surface area contributed by atoms with Crippen molar-refractivity contribution in [1.82, 2.24) is 10.0 Å². The monoisotopic (exact) mass is 580 g/mol. The molecule has 0 heterocycles. The first kappa shape index (κ1) is 30.6. The Labute approximate surface area is 226 Å². The van der Waals surface area contributed by atoms with Crippen LogP contribution < -0.4 is 10.0 Å². The van der Waals surface area contributed by atoms with Gasteiger partial charge >= 0.3 is 13.3 Å². The van der Waals surface area contributed by atoms with Crippen LogP contribution >= 0.6 is 7.60 Å². The Balaban J connectivity index is 1.72. The highest BCUT2D eigenvalue weighted by atomic mass is 32.2. The third kappa shape index (κ3) is 8.52. The van der Waals surface area contributed by atoms with E-state index < -0.39 is 40.8 Å². The zero-order chi connectivity index (χ0) is 28.7. The van der Waals surface area contributed by atoms with Gasteiger partial charge in [-0.25, -0.2) is 8.42 Å². The highest BCUT2D eigenvalue weighted by Crippen LogP contribution is 2.59. The summed E-state index contributed by atoms with van der Waals surface area (Å²) in [5, 5.41) is 2.74. The topological polar surface area (TPSA) is 133 Å². The normalized spacial score (nSPS) is 13.2. The van der Waals surface area contributed by atoms with Gasteiger partial charge in [-0.3, -0.25) is 9.36 Å². The quantitative estimate of drug-likeness (QED) is 0.177. The second-order valence-electron chi connectivity index (χ2n) is 9.21. The second kappa shape index (κ2) is 12.9. The van der Waals surface area contributed by atoms with E-state index >= 15 is 0 Å². The number of aryl methyl sites for hydroxylation is 2. The number of nitrogens with one attached hydrogen (secondary N) is 2. The largest absolute Gasteiger partial charge is 0.399 e. The van der Waals surface area contributed by atoms with Gasteiger partial charge in [0, 0.05) is 12.1 Å². The maximum Gasteiger partial charge on any atom is 0.399 e. The van der Waals surface area contributed by atoms with Gasteiger partial charge in [0.25, 0.3) is 0 Å². The number of sulfonamides is 1. The number of halogens is 2. The number of carbonyl (C=O) groups excluding carboxylic acids is 1. The summed E-state index contributed by atoms with van der Waals surface area (Å²) < 4.78 is 67.6. The lowest BCUT2D eigenvalue weighted by Gasteiger charge is -2.20. The molecule has 0 aliphatic rings. The summed E-state index contributed by atoms with van der Waals surface area (Å²) >= 11 is 0. The van der Waals surface area contributed by atoms with Gasteiger partial charge in [0.15, 0.2) is 0 Å². The van der Waals surface area contributed by atoms with E-state index in [2.05, 4.69) is 10.0 Å². The molecule has 0 aliphatic heterocycles. The lowest BCUT2D eigenvalue weighted by Crippen LogP contribution is -2.48. The number of unbranched alkanes of at least 4 members (excludes halogenated alkanes) is 1. The molecule has 210 valence electrons. The average molecular weight is 581 g/mol. The van der Waals surface area contributed by atoms with Crippen molar-refractivity contribution < 1.29 is 36.3 Å². The minimum atomic E-state index is -5.74. The van der Waals surface area contributed by atoms with Gasteiger partial charge in [-0.2, -0.15) is 13.5 Å². The molecule has 3 aromatic rings. The number of carbonyl (C=O) groups is 1. The molecule has 39 heavy (non-hydrogen) atoms. The molecule has 0 fully saturated rings. The number of alkyl halides is 2. The molecule has 3 rings (SSSR count). The van der Waals surface area contributed by atoms with Crippen molar-refractivity contribution in [2.75, 3.05) is 6.54 Å². The van der Waals surface area contributed by atoms with E-state index in [9.17, 15) is 26.6 Å². The predicted molar refractivity (Wildman–Crippen MR) is 144 cm³/mol. The summed E-state index contributed by atoms with van der Waals surface area (Å²) in [5.41, 5.74) is -2.93. The van der Waals surface area contributed by atoms with Crippen LogP contribution in [0.15, 0.2) is 83.8 Å².